The Labute approximate surface area is 119 Å². The van der Waals surface area contributed by atoms with Crippen LogP contribution in [0, 0.1) is 0 Å². The molecule has 1 amide bonds. The molecule has 1 heterocycles. The zero-order chi connectivity index (χ0) is 14.2. The minimum atomic E-state index is -0.0563. The summed E-state index contributed by atoms with van der Waals surface area (Å²) >= 11 is 0. The second-order valence-corrected chi connectivity index (χ2v) is 4.53. The lowest BCUT2D eigenvalue weighted by molar-refractivity contribution is 0.0952. The van der Waals surface area contributed by atoms with E-state index >= 15 is 0 Å². The van der Waals surface area contributed by atoms with E-state index in [0.29, 0.717) is 18.7 Å². The fraction of sp³-hybridized carbons (Fsp3) is 0.333. The molecule has 0 atom stereocenters. The summed E-state index contributed by atoms with van der Waals surface area (Å²) in [5.74, 6) is -0.0563. The Kier molecular flexibility index (Phi) is 5.17. The predicted octanol–water partition coefficient (Wildman–Crippen LogP) is 2.13. The third kappa shape index (κ3) is 4.12. The number of amides is 1. The first-order chi connectivity index (χ1) is 9.79. The first-order valence-electron chi connectivity index (χ1n) is 6.89. The summed E-state index contributed by atoms with van der Waals surface area (Å²) in [5.41, 5.74) is 1.72. The molecule has 0 spiro atoms. The first-order valence-corrected chi connectivity index (χ1v) is 6.89. The van der Waals surface area contributed by atoms with Gasteiger partial charge in [-0.1, -0.05) is 6.92 Å². The van der Waals surface area contributed by atoms with Gasteiger partial charge in [0.25, 0.3) is 5.91 Å². The molecule has 2 N–H and O–H groups in total. The van der Waals surface area contributed by atoms with Crippen LogP contribution in [0.15, 0.2) is 42.7 Å². The van der Waals surface area contributed by atoms with Crippen LogP contribution in [0.4, 0.5) is 5.69 Å². The number of benzene rings is 1. The summed E-state index contributed by atoms with van der Waals surface area (Å²) in [6, 6.07) is 9.39. The highest BCUT2D eigenvalue weighted by atomic mass is 16.1. The first kappa shape index (κ1) is 14.1. The molecule has 0 bridgehead atoms. The van der Waals surface area contributed by atoms with Gasteiger partial charge in [0.2, 0.25) is 0 Å². The van der Waals surface area contributed by atoms with Gasteiger partial charge in [0.15, 0.2) is 0 Å². The molecule has 0 unspecified atom stereocenters. The summed E-state index contributed by atoms with van der Waals surface area (Å²) < 4.78 is 1.79. The molecular weight excluding hydrogens is 252 g/mol. The van der Waals surface area contributed by atoms with E-state index in [-0.39, 0.29) is 5.91 Å². The monoisotopic (exact) mass is 272 g/mol. The van der Waals surface area contributed by atoms with Crippen LogP contribution in [0.25, 0.3) is 0 Å². The molecule has 106 valence electrons. The largest absolute Gasteiger partial charge is 0.385 e. The third-order valence-corrected chi connectivity index (χ3v) is 2.91. The molecule has 2 rings (SSSR count). The predicted molar refractivity (Wildman–Crippen MR) is 79.8 cm³/mol. The topological polar surface area (TPSA) is 59.0 Å². The van der Waals surface area contributed by atoms with Gasteiger partial charge in [-0.05, 0) is 36.8 Å². The molecule has 0 saturated carbocycles. The Morgan fingerprint density at radius 3 is 2.70 bits per heavy atom. The number of nitrogens with one attached hydrogen (secondary N) is 2. The zero-order valence-electron chi connectivity index (χ0n) is 11.7. The van der Waals surface area contributed by atoms with Crippen LogP contribution in [0.1, 0.15) is 23.7 Å². The Morgan fingerprint density at radius 1 is 1.25 bits per heavy atom. The lowest BCUT2D eigenvalue weighted by atomic mass is 10.2. The highest BCUT2D eigenvalue weighted by molar-refractivity contribution is 5.94. The fourth-order valence-corrected chi connectivity index (χ4v) is 1.83. The second-order valence-electron chi connectivity index (χ2n) is 4.53. The average Bonchev–Trinajstić information content (AvgIpc) is 2.99. The standard InChI is InChI=1S/C15H20N4O/c1-2-8-16-14-6-4-13(5-7-14)15(20)17-10-12-19-11-3-9-18-19/h3-7,9,11,16H,2,8,10,12H2,1H3,(H,17,20). The maximum Gasteiger partial charge on any atom is 0.251 e. The molecule has 1 aromatic heterocycles. The van der Waals surface area contributed by atoms with Crippen LogP contribution < -0.4 is 10.6 Å². The molecule has 0 radical (unpaired) electrons. The van der Waals surface area contributed by atoms with E-state index in [9.17, 15) is 4.79 Å². The molecule has 5 nitrogen and oxygen atoms in total. The van der Waals surface area contributed by atoms with E-state index in [1.165, 1.54) is 0 Å². The minimum absolute atomic E-state index is 0.0563. The van der Waals surface area contributed by atoms with E-state index in [1.54, 1.807) is 10.9 Å². The Bertz CT molecular complexity index is 519. The number of hydrogen-bond donors (Lipinski definition) is 2. The molecule has 0 aliphatic carbocycles. The smallest absolute Gasteiger partial charge is 0.251 e. The maximum atomic E-state index is 11.9. The highest BCUT2D eigenvalue weighted by Gasteiger charge is 2.04. The van der Waals surface area contributed by atoms with Gasteiger partial charge in [0.1, 0.15) is 0 Å². The van der Waals surface area contributed by atoms with Crippen LogP contribution in [0.5, 0.6) is 0 Å². The van der Waals surface area contributed by atoms with Gasteiger partial charge >= 0.3 is 0 Å². The number of rotatable bonds is 7. The number of hydrogen-bond acceptors (Lipinski definition) is 3. The quantitative estimate of drug-likeness (QED) is 0.812. The van der Waals surface area contributed by atoms with E-state index in [1.807, 2.05) is 36.5 Å². The molecule has 0 aliphatic rings. The van der Waals surface area contributed by atoms with E-state index in [0.717, 1.165) is 18.7 Å². The van der Waals surface area contributed by atoms with Crippen molar-refractivity contribution in [1.82, 2.24) is 15.1 Å². The number of anilines is 1. The maximum absolute atomic E-state index is 11.9. The van der Waals surface area contributed by atoms with Crippen LogP contribution in [-0.4, -0.2) is 28.8 Å². The van der Waals surface area contributed by atoms with E-state index in [4.69, 9.17) is 0 Å². The third-order valence-electron chi connectivity index (χ3n) is 2.91. The van der Waals surface area contributed by atoms with Gasteiger partial charge in [0, 0.05) is 36.7 Å². The fourth-order valence-electron chi connectivity index (χ4n) is 1.83. The minimum Gasteiger partial charge on any atom is -0.385 e. The molecular formula is C15H20N4O. The van der Waals surface area contributed by atoms with Gasteiger partial charge in [-0.25, -0.2) is 0 Å². The van der Waals surface area contributed by atoms with E-state index < -0.39 is 0 Å². The highest BCUT2D eigenvalue weighted by Crippen LogP contribution is 2.09. The van der Waals surface area contributed by atoms with Gasteiger partial charge in [0.05, 0.1) is 6.54 Å². The second kappa shape index (κ2) is 7.33. The Morgan fingerprint density at radius 2 is 2.05 bits per heavy atom. The van der Waals surface area contributed by atoms with Gasteiger partial charge in [-0.3, -0.25) is 9.48 Å². The molecule has 2 aromatic rings. The Balaban J connectivity index is 1.79. The van der Waals surface area contributed by atoms with Crippen LogP contribution in [0.2, 0.25) is 0 Å². The molecule has 1 aromatic carbocycles. The van der Waals surface area contributed by atoms with Crippen molar-refractivity contribution in [2.45, 2.75) is 19.9 Å². The van der Waals surface area contributed by atoms with Crippen molar-refractivity contribution >= 4 is 11.6 Å². The summed E-state index contributed by atoms with van der Waals surface area (Å²) in [6.45, 7) is 4.30. The van der Waals surface area contributed by atoms with E-state index in [2.05, 4.69) is 22.7 Å². The molecule has 5 heteroatoms. The summed E-state index contributed by atoms with van der Waals surface area (Å²) in [7, 11) is 0. The van der Waals surface area contributed by atoms with Crippen molar-refractivity contribution in [2.75, 3.05) is 18.4 Å². The van der Waals surface area contributed by atoms with Crippen molar-refractivity contribution in [1.29, 1.82) is 0 Å². The van der Waals surface area contributed by atoms with Gasteiger partial charge < -0.3 is 10.6 Å². The average molecular weight is 272 g/mol. The van der Waals surface area contributed by atoms with Crippen molar-refractivity contribution in [2.24, 2.45) is 0 Å². The van der Waals surface area contributed by atoms with Gasteiger partial charge in [-0.2, -0.15) is 5.10 Å². The van der Waals surface area contributed by atoms with Gasteiger partial charge in [-0.15, -0.1) is 0 Å². The molecule has 0 saturated heterocycles. The SMILES string of the molecule is CCCNc1ccc(C(=O)NCCn2cccn2)cc1. The zero-order valence-corrected chi connectivity index (χ0v) is 11.7. The molecule has 0 aliphatic heterocycles. The summed E-state index contributed by atoms with van der Waals surface area (Å²) in [4.78, 5) is 11.9. The lowest BCUT2D eigenvalue weighted by Crippen LogP contribution is -2.27. The molecule has 20 heavy (non-hydrogen) atoms. The van der Waals surface area contributed by atoms with Crippen LogP contribution in [0.3, 0.4) is 0 Å². The summed E-state index contributed by atoms with van der Waals surface area (Å²) in [6.07, 6.45) is 4.68. The lowest BCUT2D eigenvalue weighted by Gasteiger charge is -2.07. The number of nitrogens with zero attached hydrogens (tertiary/aromatic N) is 2. The van der Waals surface area contributed by atoms with Crippen molar-refractivity contribution in [3.8, 4) is 0 Å². The number of carbonyl (C=O) groups is 1. The molecule has 0 fully saturated rings. The van der Waals surface area contributed by atoms with Crippen LogP contribution in [-0.2, 0) is 6.54 Å². The normalized spacial score (nSPS) is 10.2. The van der Waals surface area contributed by atoms with Crippen LogP contribution >= 0.6 is 0 Å². The summed E-state index contributed by atoms with van der Waals surface area (Å²) in [5, 5.41) is 10.2. The van der Waals surface area contributed by atoms with Crippen molar-refractivity contribution < 1.29 is 4.79 Å². The van der Waals surface area contributed by atoms with Crippen molar-refractivity contribution in [3.63, 3.8) is 0 Å². The van der Waals surface area contributed by atoms with Crippen molar-refractivity contribution in [3.05, 3.63) is 48.3 Å². The number of carbonyl (C=O) groups excluding carboxylic acids is 1. The Hall–Kier alpha value is -2.30. The number of aromatic nitrogens is 2.